The summed E-state index contributed by atoms with van der Waals surface area (Å²) >= 11 is 0. The molecule has 0 aliphatic carbocycles. The predicted molar refractivity (Wildman–Crippen MR) is 93.9 cm³/mol. The van der Waals surface area contributed by atoms with Crippen molar-refractivity contribution in [1.29, 1.82) is 0 Å². The Morgan fingerprint density at radius 2 is 1.87 bits per heavy atom. The van der Waals surface area contributed by atoms with E-state index < -0.39 is 0 Å². The Balaban J connectivity index is 2.32. The van der Waals surface area contributed by atoms with Crippen LogP contribution in [0.25, 0.3) is 0 Å². The van der Waals surface area contributed by atoms with Crippen LogP contribution in [0, 0.1) is 6.92 Å². The standard InChI is InChI=1S/C20H27NO2/c1-4-6-8-13-18-16(3)14-21(19(18)20(22)23-5-2)15-17-11-9-7-10-12-17/h7,9-12,14H,4-6,8,13,15H2,1-3H3. The fourth-order valence-electron chi connectivity index (χ4n) is 2.95. The molecule has 1 heterocycles. The highest BCUT2D eigenvalue weighted by atomic mass is 16.5. The lowest BCUT2D eigenvalue weighted by molar-refractivity contribution is 0.0513. The molecule has 2 aromatic rings. The van der Waals surface area contributed by atoms with Crippen LogP contribution in [0.2, 0.25) is 0 Å². The fraction of sp³-hybridized carbons (Fsp3) is 0.450. The number of benzene rings is 1. The number of esters is 1. The maximum absolute atomic E-state index is 12.5. The molecular formula is C20H27NO2. The molecule has 0 amide bonds. The maximum atomic E-state index is 12.5. The van der Waals surface area contributed by atoms with Gasteiger partial charge < -0.3 is 9.30 Å². The van der Waals surface area contributed by atoms with Crippen molar-refractivity contribution in [1.82, 2.24) is 4.57 Å². The zero-order valence-corrected chi connectivity index (χ0v) is 14.5. The van der Waals surface area contributed by atoms with Gasteiger partial charge in [0.1, 0.15) is 5.69 Å². The van der Waals surface area contributed by atoms with E-state index in [1.165, 1.54) is 24.0 Å². The quantitative estimate of drug-likeness (QED) is 0.520. The van der Waals surface area contributed by atoms with E-state index in [1.54, 1.807) is 0 Å². The lowest BCUT2D eigenvalue weighted by Gasteiger charge is -2.11. The molecule has 0 spiro atoms. The predicted octanol–water partition coefficient (Wildman–Crippen LogP) is 4.75. The van der Waals surface area contributed by atoms with Crippen molar-refractivity contribution in [2.45, 2.75) is 53.0 Å². The summed E-state index contributed by atoms with van der Waals surface area (Å²) in [6.45, 7) is 7.24. The van der Waals surface area contributed by atoms with Crippen molar-refractivity contribution in [3.05, 3.63) is 58.9 Å². The van der Waals surface area contributed by atoms with Crippen LogP contribution in [-0.4, -0.2) is 17.1 Å². The summed E-state index contributed by atoms with van der Waals surface area (Å²) < 4.78 is 7.35. The van der Waals surface area contributed by atoms with Crippen LogP contribution in [0.5, 0.6) is 0 Å². The summed E-state index contributed by atoms with van der Waals surface area (Å²) in [5.74, 6) is -0.206. The van der Waals surface area contributed by atoms with Crippen LogP contribution in [-0.2, 0) is 17.7 Å². The van der Waals surface area contributed by atoms with Crippen molar-refractivity contribution in [3.63, 3.8) is 0 Å². The Labute approximate surface area is 139 Å². The van der Waals surface area contributed by atoms with Crippen LogP contribution < -0.4 is 0 Å². The Morgan fingerprint density at radius 3 is 2.52 bits per heavy atom. The van der Waals surface area contributed by atoms with Crippen molar-refractivity contribution in [3.8, 4) is 0 Å². The molecule has 124 valence electrons. The number of carbonyl (C=O) groups is 1. The lowest BCUT2D eigenvalue weighted by Crippen LogP contribution is -2.14. The zero-order valence-electron chi connectivity index (χ0n) is 14.5. The number of unbranched alkanes of at least 4 members (excludes halogenated alkanes) is 2. The van der Waals surface area contributed by atoms with Crippen molar-refractivity contribution in [2.24, 2.45) is 0 Å². The molecule has 0 aliphatic heterocycles. The first-order valence-electron chi connectivity index (χ1n) is 8.57. The number of hydrogen-bond acceptors (Lipinski definition) is 2. The second-order valence-corrected chi connectivity index (χ2v) is 5.93. The Bertz CT molecular complexity index is 629. The van der Waals surface area contributed by atoms with Gasteiger partial charge in [0.2, 0.25) is 0 Å². The first kappa shape index (κ1) is 17.3. The second-order valence-electron chi connectivity index (χ2n) is 5.93. The van der Waals surface area contributed by atoms with Crippen LogP contribution in [0.15, 0.2) is 36.5 Å². The first-order valence-corrected chi connectivity index (χ1v) is 8.57. The Hall–Kier alpha value is -2.03. The zero-order chi connectivity index (χ0) is 16.7. The van der Waals surface area contributed by atoms with Gasteiger partial charge in [0.15, 0.2) is 0 Å². The molecule has 0 saturated heterocycles. The van der Waals surface area contributed by atoms with Gasteiger partial charge in [0.25, 0.3) is 0 Å². The van der Waals surface area contributed by atoms with Crippen LogP contribution >= 0.6 is 0 Å². The molecule has 0 bridgehead atoms. The third-order valence-corrected chi connectivity index (χ3v) is 4.09. The minimum absolute atomic E-state index is 0.206. The molecule has 0 saturated carbocycles. The van der Waals surface area contributed by atoms with Crippen molar-refractivity contribution < 1.29 is 9.53 Å². The van der Waals surface area contributed by atoms with Gasteiger partial charge in [0.05, 0.1) is 6.61 Å². The SMILES string of the molecule is CCCCCc1c(C)cn(Cc2ccccc2)c1C(=O)OCC. The van der Waals surface area contributed by atoms with Gasteiger partial charge >= 0.3 is 5.97 Å². The molecule has 0 aliphatic rings. The van der Waals surface area contributed by atoms with Crippen molar-refractivity contribution >= 4 is 5.97 Å². The molecule has 2 rings (SSSR count). The fourth-order valence-corrected chi connectivity index (χ4v) is 2.95. The average molecular weight is 313 g/mol. The topological polar surface area (TPSA) is 31.2 Å². The Kier molecular flexibility index (Phi) is 6.45. The van der Waals surface area contributed by atoms with E-state index in [1.807, 2.05) is 29.7 Å². The van der Waals surface area contributed by atoms with Gasteiger partial charge in [-0.2, -0.15) is 0 Å². The van der Waals surface area contributed by atoms with E-state index in [-0.39, 0.29) is 5.97 Å². The molecule has 1 aromatic carbocycles. The van der Waals surface area contributed by atoms with Gasteiger partial charge in [-0.1, -0.05) is 50.1 Å². The Morgan fingerprint density at radius 1 is 1.13 bits per heavy atom. The van der Waals surface area contributed by atoms with E-state index in [9.17, 15) is 4.79 Å². The summed E-state index contributed by atoms with van der Waals surface area (Å²) in [7, 11) is 0. The van der Waals surface area contributed by atoms with E-state index >= 15 is 0 Å². The highest BCUT2D eigenvalue weighted by Crippen LogP contribution is 2.22. The minimum Gasteiger partial charge on any atom is -0.461 e. The number of ether oxygens (including phenoxy) is 1. The van der Waals surface area contributed by atoms with E-state index in [0.717, 1.165) is 24.1 Å². The second kappa shape index (κ2) is 8.56. The summed E-state index contributed by atoms with van der Waals surface area (Å²) in [5.41, 5.74) is 4.24. The molecule has 0 atom stereocenters. The normalized spacial score (nSPS) is 10.7. The number of aromatic nitrogens is 1. The summed E-state index contributed by atoms with van der Waals surface area (Å²) in [6.07, 6.45) is 6.50. The smallest absolute Gasteiger partial charge is 0.355 e. The molecule has 0 radical (unpaired) electrons. The molecule has 0 N–H and O–H groups in total. The summed E-state index contributed by atoms with van der Waals surface area (Å²) in [4.78, 5) is 12.5. The number of hydrogen-bond donors (Lipinski definition) is 0. The third kappa shape index (κ3) is 4.47. The highest BCUT2D eigenvalue weighted by molar-refractivity contribution is 5.90. The van der Waals surface area contributed by atoms with Gasteiger partial charge in [-0.25, -0.2) is 4.79 Å². The molecule has 1 aromatic heterocycles. The van der Waals surface area contributed by atoms with Crippen LogP contribution in [0.1, 0.15) is 60.3 Å². The molecule has 0 fully saturated rings. The molecule has 0 unspecified atom stereocenters. The summed E-state index contributed by atoms with van der Waals surface area (Å²) in [5, 5.41) is 0. The highest BCUT2D eigenvalue weighted by Gasteiger charge is 2.20. The number of nitrogens with zero attached hydrogens (tertiary/aromatic N) is 1. The summed E-state index contributed by atoms with van der Waals surface area (Å²) in [6, 6.07) is 10.2. The average Bonchev–Trinajstić information content (AvgIpc) is 2.84. The van der Waals surface area contributed by atoms with Gasteiger partial charge in [-0.05, 0) is 43.4 Å². The van der Waals surface area contributed by atoms with Gasteiger partial charge in [-0.15, -0.1) is 0 Å². The van der Waals surface area contributed by atoms with E-state index in [4.69, 9.17) is 4.74 Å². The number of carbonyl (C=O) groups excluding carboxylic acids is 1. The van der Waals surface area contributed by atoms with Crippen LogP contribution in [0.4, 0.5) is 0 Å². The maximum Gasteiger partial charge on any atom is 0.355 e. The number of rotatable bonds is 8. The number of aryl methyl sites for hydroxylation is 1. The van der Waals surface area contributed by atoms with E-state index in [0.29, 0.717) is 13.2 Å². The monoisotopic (exact) mass is 313 g/mol. The van der Waals surface area contributed by atoms with E-state index in [2.05, 4.69) is 32.2 Å². The molecule has 3 heteroatoms. The molecule has 23 heavy (non-hydrogen) atoms. The van der Waals surface area contributed by atoms with Crippen molar-refractivity contribution in [2.75, 3.05) is 6.61 Å². The molecule has 3 nitrogen and oxygen atoms in total. The van der Waals surface area contributed by atoms with Gasteiger partial charge in [-0.3, -0.25) is 0 Å². The van der Waals surface area contributed by atoms with Crippen LogP contribution in [0.3, 0.4) is 0 Å². The van der Waals surface area contributed by atoms with Gasteiger partial charge in [0, 0.05) is 12.7 Å². The first-order chi connectivity index (χ1) is 11.2. The minimum atomic E-state index is -0.206. The lowest BCUT2D eigenvalue weighted by atomic mass is 10.0. The molecular weight excluding hydrogens is 286 g/mol. The largest absolute Gasteiger partial charge is 0.461 e. The third-order valence-electron chi connectivity index (χ3n) is 4.09.